The molecular weight excluding hydrogens is 326 g/mol. The minimum Gasteiger partial charge on any atom is -0.271 e. The van der Waals surface area contributed by atoms with E-state index in [0.29, 0.717) is 0 Å². The van der Waals surface area contributed by atoms with Crippen molar-refractivity contribution in [1.29, 1.82) is 0 Å². The quantitative estimate of drug-likeness (QED) is 0.561. The summed E-state index contributed by atoms with van der Waals surface area (Å²) in [5, 5.41) is 1.13. The Morgan fingerprint density at radius 3 is 2.71 bits per heavy atom. The Morgan fingerprint density at radius 2 is 1.95 bits per heavy atom. The van der Waals surface area contributed by atoms with Crippen molar-refractivity contribution in [2.45, 2.75) is 13.0 Å². The zero-order chi connectivity index (χ0) is 14.8. The molecule has 0 radical (unpaired) electrons. The van der Waals surface area contributed by atoms with Crippen molar-refractivity contribution in [3.63, 3.8) is 0 Å². The molecule has 0 saturated heterocycles. The van der Waals surface area contributed by atoms with E-state index >= 15 is 0 Å². The summed E-state index contributed by atoms with van der Waals surface area (Å²) >= 11 is 3.54. The number of pyridine rings is 1. The molecule has 1 aromatic heterocycles. The molecule has 0 saturated carbocycles. The van der Waals surface area contributed by atoms with Crippen molar-refractivity contribution >= 4 is 26.8 Å². The Balaban J connectivity index is 2.08. The normalized spacial score (nSPS) is 12.5. The van der Waals surface area contributed by atoms with Gasteiger partial charge in [-0.25, -0.2) is 5.43 Å². The lowest BCUT2D eigenvalue weighted by Gasteiger charge is -2.18. The summed E-state index contributed by atoms with van der Waals surface area (Å²) in [6.45, 7) is 2.07. The molecule has 0 bridgehead atoms. The number of hydrogen-bond donors (Lipinski definition) is 2. The molecule has 0 spiro atoms. The molecule has 0 fully saturated rings. The van der Waals surface area contributed by atoms with Crippen molar-refractivity contribution in [3.8, 4) is 0 Å². The van der Waals surface area contributed by atoms with Gasteiger partial charge in [0.2, 0.25) is 0 Å². The van der Waals surface area contributed by atoms with Crippen LogP contribution in [-0.2, 0) is 0 Å². The molecule has 1 atom stereocenters. The Labute approximate surface area is 132 Å². The van der Waals surface area contributed by atoms with Crippen molar-refractivity contribution < 1.29 is 0 Å². The molecule has 3 nitrogen and oxygen atoms in total. The zero-order valence-electron chi connectivity index (χ0n) is 11.7. The molecule has 4 heteroatoms. The molecule has 0 aliphatic heterocycles. The first kappa shape index (κ1) is 14.2. The second kappa shape index (κ2) is 5.93. The fourth-order valence-electron chi connectivity index (χ4n) is 2.58. The van der Waals surface area contributed by atoms with Gasteiger partial charge in [0.15, 0.2) is 0 Å². The fourth-order valence-corrected chi connectivity index (χ4v) is 3.20. The number of aryl methyl sites for hydroxylation is 1. The number of halogens is 1. The average molecular weight is 342 g/mol. The Kier molecular flexibility index (Phi) is 4.01. The number of hydrogen-bond acceptors (Lipinski definition) is 3. The van der Waals surface area contributed by atoms with Gasteiger partial charge in [-0.1, -0.05) is 40.2 Å². The van der Waals surface area contributed by atoms with E-state index in [0.717, 1.165) is 26.5 Å². The first-order valence-electron chi connectivity index (χ1n) is 6.75. The van der Waals surface area contributed by atoms with Gasteiger partial charge < -0.3 is 0 Å². The second-order valence-corrected chi connectivity index (χ2v) is 6.03. The molecule has 106 valence electrons. The Hall–Kier alpha value is -1.75. The summed E-state index contributed by atoms with van der Waals surface area (Å²) in [6.07, 6.45) is 1.81. The van der Waals surface area contributed by atoms with E-state index in [1.54, 1.807) is 6.20 Å². The summed E-state index contributed by atoms with van der Waals surface area (Å²) in [7, 11) is 0. The number of benzene rings is 2. The van der Waals surface area contributed by atoms with Gasteiger partial charge in [-0.2, -0.15) is 0 Å². The number of fused-ring (bicyclic) bond motifs is 1. The summed E-state index contributed by atoms with van der Waals surface area (Å²) in [6, 6.07) is 16.5. The third kappa shape index (κ3) is 2.97. The number of rotatable bonds is 3. The van der Waals surface area contributed by atoms with Crippen LogP contribution in [0.2, 0.25) is 0 Å². The predicted molar refractivity (Wildman–Crippen MR) is 89.8 cm³/mol. The molecule has 1 unspecified atom stereocenters. The van der Waals surface area contributed by atoms with Crippen LogP contribution in [0.15, 0.2) is 59.2 Å². The molecule has 3 rings (SSSR count). The lowest BCUT2D eigenvalue weighted by Crippen LogP contribution is -2.28. The number of nitrogens with zero attached hydrogens (tertiary/aromatic N) is 1. The fraction of sp³-hybridized carbons (Fsp3) is 0.118. The van der Waals surface area contributed by atoms with Crippen LogP contribution >= 0.6 is 15.9 Å². The van der Waals surface area contributed by atoms with E-state index < -0.39 is 0 Å². The van der Waals surface area contributed by atoms with Crippen molar-refractivity contribution in [2.24, 2.45) is 5.84 Å². The van der Waals surface area contributed by atoms with Crippen LogP contribution < -0.4 is 11.3 Å². The van der Waals surface area contributed by atoms with Crippen LogP contribution in [0.4, 0.5) is 0 Å². The van der Waals surface area contributed by atoms with E-state index in [1.165, 1.54) is 5.56 Å². The number of aromatic nitrogens is 1. The van der Waals surface area contributed by atoms with Gasteiger partial charge in [0.25, 0.3) is 0 Å². The standard InChI is InChI=1S/C17H16BrN3/c1-11-7-14(9-15(18)8-11)17(21-19)13-5-4-12-3-2-6-20-16(12)10-13/h2-10,17,21H,19H2,1H3. The Bertz CT molecular complexity index is 766. The highest BCUT2D eigenvalue weighted by Crippen LogP contribution is 2.27. The minimum absolute atomic E-state index is 0.0624. The van der Waals surface area contributed by atoms with E-state index in [2.05, 4.69) is 75.7 Å². The topological polar surface area (TPSA) is 50.9 Å². The van der Waals surface area contributed by atoms with Crippen LogP contribution in [0.3, 0.4) is 0 Å². The SMILES string of the molecule is Cc1cc(Br)cc(C(NN)c2ccc3cccnc3c2)c1. The molecule has 3 N–H and O–H groups in total. The maximum Gasteiger partial charge on any atom is 0.0711 e. The maximum absolute atomic E-state index is 5.80. The van der Waals surface area contributed by atoms with Crippen molar-refractivity contribution in [3.05, 3.63) is 75.9 Å². The van der Waals surface area contributed by atoms with Crippen molar-refractivity contribution in [2.75, 3.05) is 0 Å². The highest BCUT2D eigenvalue weighted by atomic mass is 79.9. The van der Waals surface area contributed by atoms with Gasteiger partial charge in [0, 0.05) is 16.1 Å². The molecule has 0 aliphatic rings. The van der Waals surface area contributed by atoms with Crippen LogP contribution in [0, 0.1) is 6.92 Å². The first-order chi connectivity index (χ1) is 10.2. The summed E-state index contributed by atoms with van der Waals surface area (Å²) in [4.78, 5) is 4.41. The highest BCUT2D eigenvalue weighted by molar-refractivity contribution is 9.10. The van der Waals surface area contributed by atoms with Gasteiger partial charge in [0.05, 0.1) is 11.6 Å². The predicted octanol–water partition coefficient (Wildman–Crippen LogP) is 3.86. The molecule has 0 amide bonds. The lowest BCUT2D eigenvalue weighted by atomic mass is 9.97. The van der Waals surface area contributed by atoms with Crippen LogP contribution in [0.1, 0.15) is 22.7 Å². The van der Waals surface area contributed by atoms with Crippen LogP contribution in [0.25, 0.3) is 10.9 Å². The van der Waals surface area contributed by atoms with Crippen LogP contribution in [0.5, 0.6) is 0 Å². The third-order valence-corrected chi connectivity index (χ3v) is 3.99. The maximum atomic E-state index is 5.80. The van der Waals surface area contributed by atoms with Gasteiger partial charge in [-0.15, -0.1) is 0 Å². The second-order valence-electron chi connectivity index (χ2n) is 5.12. The smallest absolute Gasteiger partial charge is 0.0711 e. The molecule has 2 aromatic carbocycles. The molecule has 1 heterocycles. The molecule has 3 aromatic rings. The monoisotopic (exact) mass is 341 g/mol. The van der Waals surface area contributed by atoms with Gasteiger partial charge in [0.1, 0.15) is 0 Å². The Morgan fingerprint density at radius 1 is 1.10 bits per heavy atom. The van der Waals surface area contributed by atoms with Gasteiger partial charge in [-0.3, -0.25) is 10.8 Å². The zero-order valence-corrected chi connectivity index (χ0v) is 13.3. The molecular formula is C17H16BrN3. The van der Waals surface area contributed by atoms with E-state index in [1.807, 2.05) is 6.07 Å². The largest absolute Gasteiger partial charge is 0.271 e. The molecule has 0 aliphatic carbocycles. The summed E-state index contributed by atoms with van der Waals surface area (Å²) in [5.41, 5.74) is 7.30. The van der Waals surface area contributed by atoms with E-state index in [9.17, 15) is 0 Å². The first-order valence-corrected chi connectivity index (χ1v) is 7.54. The van der Waals surface area contributed by atoms with Crippen LogP contribution in [-0.4, -0.2) is 4.98 Å². The summed E-state index contributed by atoms with van der Waals surface area (Å²) in [5.74, 6) is 5.80. The minimum atomic E-state index is -0.0624. The van der Waals surface area contributed by atoms with E-state index in [4.69, 9.17) is 5.84 Å². The highest BCUT2D eigenvalue weighted by Gasteiger charge is 2.14. The number of nitrogens with one attached hydrogen (secondary N) is 1. The molecule has 21 heavy (non-hydrogen) atoms. The third-order valence-electron chi connectivity index (χ3n) is 3.53. The van der Waals surface area contributed by atoms with Gasteiger partial charge in [-0.05, 0) is 47.9 Å². The van der Waals surface area contributed by atoms with Crippen molar-refractivity contribution in [1.82, 2.24) is 10.4 Å². The summed E-state index contributed by atoms with van der Waals surface area (Å²) < 4.78 is 1.05. The lowest BCUT2D eigenvalue weighted by molar-refractivity contribution is 0.637. The van der Waals surface area contributed by atoms with E-state index in [-0.39, 0.29) is 6.04 Å². The number of nitrogens with two attached hydrogens (primary N) is 1. The van der Waals surface area contributed by atoms with Gasteiger partial charge >= 0.3 is 0 Å². The average Bonchev–Trinajstić information content (AvgIpc) is 2.47. The number of hydrazine groups is 1.